The van der Waals surface area contributed by atoms with Crippen molar-refractivity contribution < 1.29 is 9.53 Å². The van der Waals surface area contributed by atoms with Crippen molar-refractivity contribution in [2.24, 2.45) is 0 Å². The van der Waals surface area contributed by atoms with E-state index >= 15 is 0 Å². The largest absolute Gasteiger partial charge is 0.473 e. The second kappa shape index (κ2) is 7.08. The molecule has 4 N–H and O–H groups in total. The summed E-state index contributed by atoms with van der Waals surface area (Å²) in [6.07, 6.45) is 1.24. The molecule has 116 valence electrons. The minimum Gasteiger partial charge on any atom is -0.473 e. The lowest BCUT2D eigenvalue weighted by molar-refractivity contribution is 0.0962. The van der Waals surface area contributed by atoms with E-state index in [2.05, 4.69) is 36.7 Å². The highest BCUT2D eigenvalue weighted by Gasteiger charge is 2.12. The maximum Gasteiger partial charge on any atom is 0.269 e. The Hall–Kier alpha value is -2.35. The summed E-state index contributed by atoms with van der Waals surface area (Å²) < 4.78 is 6.35. The van der Waals surface area contributed by atoms with Gasteiger partial charge in [0.15, 0.2) is 5.82 Å². The highest BCUT2D eigenvalue weighted by molar-refractivity contribution is 9.10. The molecule has 0 unspecified atom stereocenters. The van der Waals surface area contributed by atoms with Crippen molar-refractivity contribution in [3.63, 3.8) is 0 Å². The minimum absolute atomic E-state index is 0.0672. The predicted octanol–water partition coefficient (Wildman–Crippen LogP) is 2.37. The molecule has 0 radical (unpaired) electrons. The molecule has 0 fully saturated rings. The Labute approximate surface area is 136 Å². The molecule has 0 aliphatic carbocycles. The van der Waals surface area contributed by atoms with Gasteiger partial charge in [-0.3, -0.25) is 15.6 Å². The number of rotatable bonds is 5. The van der Waals surface area contributed by atoms with Gasteiger partial charge in [0.25, 0.3) is 5.91 Å². The number of hydrazine groups is 1. The lowest BCUT2D eigenvalue weighted by Crippen LogP contribution is -2.30. The normalized spacial score (nSPS) is 10.4. The molecule has 0 spiro atoms. The number of carbonyl (C=O) groups is 1. The van der Waals surface area contributed by atoms with Crippen LogP contribution < -0.4 is 21.3 Å². The summed E-state index contributed by atoms with van der Waals surface area (Å²) in [5, 5.41) is 0. The average molecular weight is 366 g/mol. The van der Waals surface area contributed by atoms with Gasteiger partial charge >= 0.3 is 0 Å². The van der Waals surface area contributed by atoms with E-state index in [4.69, 9.17) is 10.5 Å². The fourth-order valence-corrected chi connectivity index (χ4v) is 1.85. The van der Waals surface area contributed by atoms with Crippen molar-refractivity contribution in [2.75, 3.05) is 11.2 Å². The standard InChI is InChI=1S/C14H16BrN5O2/c1-8(2)22-14-11(16)12(17-7-18-14)19-20-13(21)9-3-5-10(15)6-4-9/h3-8H,16H2,1-2H3,(H,20,21)(H,17,18,19). The number of nitrogens with zero attached hydrogens (tertiary/aromatic N) is 2. The van der Waals surface area contributed by atoms with Crippen LogP contribution in [-0.2, 0) is 0 Å². The molecule has 0 aliphatic rings. The number of ether oxygens (including phenoxy) is 1. The molecule has 1 aromatic heterocycles. The van der Waals surface area contributed by atoms with Crippen molar-refractivity contribution >= 4 is 33.3 Å². The van der Waals surface area contributed by atoms with Crippen LogP contribution in [0.4, 0.5) is 11.5 Å². The molecule has 0 saturated carbocycles. The SMILES string of the molecule is CC(C)Oc1ncnc(NNC(=O)c2ccc(Br)cc2)c1N. The molecule has 2 aromatic rings. The molecule has 1 aromatic carbocycles. The molecular weight excluding hydrogens is 350 g/mol. The molecule has 22 heavy (non-hydrogen) atoms. The molecule has 0 saturated heterocycles. The summed E-state index contributed by atoms with van der Waals surface area (Å²) in [7, 11) is 0. The van der Waals surface area contributed by atoms with Crippen LogP contribution in [0.15, 0.2) is 35.1 Å². The Kier molecular flexibility index (Phi) is 5.16. The molecule has 8 heteroatoms. The van der Waals surface area contributed by atoms with Crippen molar-refractivity contribution in [1.29, 1.82) is 0 Å². The van der Waals surface area contributed by atoms with Crippen molar-refractivity contribution in [3.05, 3.63) is 40.6 Å². The fourth-order valence-electron chi connectivity index (χ4n) is 1.59. The summed E-state index contributed by atoms with van der Waals surface area (Å²) in [5.41, 5.74) is 11.8. The number of aromatic nitrogens is 2. The van der Waals surface area contributed by atoms with Gasteiger partial charge in [-0.2, -0.15) is 4.98 Å². The van der Waals surface area contributed by atoms with Gasteiger partial charge in [0.05, 0.1) is 6.10 Å². The number of hydrogen-bond donors (Lipinski definition) is 3. The van der Waals surface area contributed by atoms with E-state index in [1.165, 1.54) is 6.33 Å². The third-order valence-corrected chi connectivity index (χ3v) is 3.12. The van der Waals surface area contributed by atoms with Crippen LogP contribution in [0, 0.1) is 0 Å². The molecule has 0 atom stereocenters. The second-order valence-electron chi connectivity index (χ2n) is 4.69. The number of nitrogen functional groups attached to an aromatic ring is 1. The number of nitrogens with two attached hydrogens (primary N) is 1. The summed E-state index contributed by atoms with van der Waals surface area (Å²) in [5.74, 6) is 0.235. The van der Waals surface area contributed by atoms with E-state index in [0.29, 0.717) is 5.56 Å². The highest BCUT2D eigenvalue weighted by atomic mass is 79.9. The van der Waals surface area contributed by atoms with Crippen LogP contribution in [0.5, 0.6) is 5.88 Å². The third-order valence-electron chi connectivity index (χ3n) is 2.60. The Morgan fingerprint density at radius 1 is 1.27 bits per heavy atom. The molecular formula is C14H16BrN5O2. The number of halogens is 1. The van der Waals surface area contributed by atoms with Crippen LogP contribution in [0.25, 0.3) is 0 Å². The smallest absolute Gasteiger partial charge is 0.269 e. The van der Waals surface area contributed by atoms with E-state index in [9.17, 15) is 4.79 Å². The summed E-state index contributed by atoms with van der Waals surface area (Å²) in [6.45, 7) is 3.73. The van der Waals surface area contributed by atoms with E-state index in [1.807, 2.05) is 13.8 Å². The average Bonchev–Trinajstić information content (AvgIpc) is 2.48. The molecule has 1 amide bonds. The first-order valence-corrected chi connectivity index (χ1v) is 7.35. The first-order chi connectivity index (χ1) is 10.5. The van der Waals surface area contributed by atoms with E-state index in [-0.39, 0.29) is 29.4 Å². The van der Waals surface area contributed by atoms with Gasteiger partial charge in [-0.25, -0.2) is 4.98 Å². The lowest BCUT2D eigenvalue weighted by atomic mass is 10.2. The Morgan fingerprint density at radius 3 is 2.59 bits per heavy atom. The first-order valence-electron chi connectivity index (χ1n) is 6.56. The Morgan fingerprint density at radius 2 is 1.95 bits per heavy atom. The number of carbonyl (C=O) groups excluding carboxylic acids is 1. The Balaban J connectivity index is 2.05. The zero-order valence-corrected chi connectivity index (χ0v) is 13.7. The maximum absolute atomic E-state index is 12.0. The maximum atomic E-state index is 12.0. The molecule has 1 heterocycles. The lowest BCUT2D eigenvalue weighted by Gasteiger charge is -2.14. The van der Waals surface area contributed by atoms with E-state index in [1.54, 1.807) is 24.3 Å². The van der Waals surface area contributed by atoms with Crippen LogP contribution in [0.3, 0.4) is 0 Å². The second-order valence-corrected chi connectivity index (χ2v) is 5.61. The quantitative estimate of drug-likeness (QED) is 0.703. The van der Waals surface area contributed by atoms with Gasteiger partial charge in [-0.15, -0.1) is 0 Å². The summed E-state index contributed by atoms with van der Waals surface area (Å²) >= 11 is 3.31. The number of benzene rings is 1. The van der Waals surface area contributed by atoms with Crippen LogP contribution in [-0.4, -0.2) is 22.0 Å². The Bertz CT molecular complexity index is 661. The fraction of sp³-hybridized carbons (Fsp3) is 0.214. The van der Waals surface area contributed by atoms with Crippen molar-refractivity contribution in [2.45, 2.75) is 20.0 Å². The van der Waals surface area contributed by atoms with Gasteiger partial charge in [-0.1, -0.05) is 15.9 Å². The molecule has 0 aliphatic heterocycles. The topological polar surface area (TPSA) is 102 Å². The van der Waals surface area contributed by atoms with E-state index < -0.39 is 0 Å². The highest BCUT2D eigenvalue weighted by Crippen LogP contribution is 2.24. The van der Waals surface area contributed by atoms with Crippen molar-refractivity contribution in [3.8, 4) is 5.88 Å². The minimum atomic E-state index is -0.308. The van der Waals surface area contributed by atoms with Crippen molar-refractivity contribution in [1.82, 2.24) is 15.4 Å². The van der Waals surface area contributed by atoms with Gasteiger partial charge in [0, 0.05) is 10.0 Å². The van der Waals surface area contributed by atoms with E-state index in [0.717, 1.165) is 4.47 Å². The van der Waals surface area contributed by atoms with Crippen LogP contribution in [0.2, 0.25) is 0 Å². The number of hydrogen-bond acceptors (Lipinski definition) is 6. The zero-order valence-electron chi connectivity index (χ0n) is 12.1. The predicted molar refractivity (Wildman–Crippen MR) is 87.4 cm³/mol. The number of anilines is 2. The van der Waals surface area contributed by atoms with Gasteiger partial charge in [-0.05, 0) is 38.1 Å². The van der Waals surface area contributed by atoms with Crippen LogP contribution in [0.1, 0.15) is 24.2 Å². The first kappa shape index (κ1) is 16.0. The summed E-state index contributed by atoms with van der Waals surface area (Å²) in [6, 6.07) is 6.94. The molecule has 0 bridgehead atoms. The van der Waals surface area contributed by atoms with Gasteiger partial charge in [0.2, 0.25) is 5.88 Å². The van der Waals surface area contributed by atoms with Gasteiger partial charge in [0.1, 0.15) is 12.0 Å². The number of amides is 1. The third kappa shape index (κ3) is 4.08. The summed E-state index contributed by atoms with van der Waals surface area (Å²) in [4.78, 5) is 19.9. The monoisotopic (exact) mass is 365 g/mol. The van der Waals surface area contributed by atoms with Crippen LogP contribution >= 0.6 is 15.9 Å². The number of nitrogens with one attached hydrogen (secondary N) is 2. The zero-order chi connectivity index (χ0) is 16.1. The molecule has 7 nitrogen and oxygen atoms in total. The molecule has 2 rings (SSSR count). The van der Waals surface area contributed by atoms with Gasteiger partial charge < -0.3 is 10.5 Å².